The van der Waals surface area contributed by atoms with Gasteiger partial charge >= 0.3 is 0 Å². The zero-order chi connectivity index (χ0) is 20.8. The highest BCUT2D eigenvalue weighted by molar-refractivity contribution is 7.15. The summed E-state index contributed by atoms with van der Waals surface area (Å²) in [5.41, 5.74) is 2.23. The molecule has 1 aromatic carbocycles. The van der Waals surface area contributed by atoms with Crippen LogP contribution in [0.5, 0.6) is 0 Å². The monoisotopic (exact) mass is 439 g/mol. The molecule has 0 bridgehead atoms. The van der Waals surface area contributed by atoms with Crippen molar-refractivity contribution >= 4 is 28.8 Å². The van der Waals surface area contributed by atoms with Gasteiger partial charge in [0.2, 0.25) is 5.91 Å². The van der Waals surface area contributed by atoms with Crippen LogP contribution in [0.4, 0.5) is 0 Å². The van der Waals surface area contributed by atoms with Gasteiger partial charge in [0, 0.05) is 65.8 Å². The lowest BCUT2D eigenvalue weighted by atomic mass is 10.1. The van der Waals surface area contributed by atoms with E-state index in [-0.39, 0.29) is 5.91 Å². The smallest absolute Gasteiger partial charge is 0.222 e. The fourth-order valence-electron chi connectivity index (χ4n) is 3.76. The summed E-state index contributed by atoms with van der Waals surface area (Å²) in [4.78, 5) is 23.9. The normalized spacial score (nSPS) is 14.8. The summed E-state index contributed by atoms with van der Waals surface area (Å²) in [7, 11) is 0. The van der Waals surface area contributed by atoms with Crippen LogP contribution < -0.4 is 0 Å². The molecule has 3 aromatic rings. The molecule has 1 aliphatic heterocycles. The van der Waals surface area contributed by atoms with Crippen LogP contribution in [0.3, 0.4) is 0 Å². The van der Waals surface area contributed by atoms with Crippen molar-refractivity contribution in [2.45, 2.75) is 25.8 Å². The number of thiophene rings is 1. The molecule has 0 radical (unpaired) electrons. The summed E-state index contributed by atoms with van der Waals surface area (Å²) in [5.74, 6) is 0.268. The SMILES string of the molecule is O=C(CCCc1ccccn1)N1CCN(Cc2ccc(-c3cccc(Cl)c3)s2)CC1. The average molecular weight is 440 g/mol. The van der Waals surface area contributed by atoms with Crippen molar-refractivity contribution in [3.63, 3.8) is 0 Å². The van der Waals surface area contributed by atoms with Crippen LogP contribution in [0.2, 0.25) is 5.02 Å². The Balaban J connectivity index is 1.21. The first-order chi connectivity index (χ1) is 14.7. The second-order valence-corrected chi connectivity index (χ2v) is 9.21. The van der Waals surface area contributed by atoms with Crippen LogP contribution in [-0.2, 0) is 17.8 Å². The number of benzene rings is 1. The third-order valence-corrected chi connectivity index (χ3v) is 6.78. The summed E-state index contributed by atoms with van der Waals surface area (Å²) in [6.45, 7) is 4.42. The molecule has 1 amide bonds. The quantitative estimate of drug-likeness (QED) is 0.512. The maximum atomic E-state index is 12.5. The molecule has 4 rings (SSSR count). The molecule has 4 nitrogen and oxygen atoms in total. The van der Waals surface area contributed by atoms with Crippen molar-refractivity contribution in [3.8, 4) is 10.4 Å². The molecule has 0 N–H and O–H groups in total. The van der Waals surface area contributed by atoms with E-state index in [0.717, 1.165) is 56.3 Å². The van der Waals surface area contributed by atoms with Crippen LogP contribution in [-0.4, -0.2) is 46.9 Å². The van der Waals surface area contributed by atoms with E-state index in [0.29, 0.717) is 6.42 Å². The molecule has 0 unspecified atom stereocenters. The fraction of sp³-hybridized carbons (Fsp3) is 0.333. The Morgan fingerprint density at radius 2 is 1.90 bits per heavy atom. The third-order valence-electron chi connectivity index (χ3n) is 5.42. The van der Waals surface area contributed by atoms with Crippen LogP contribution in [0.15, 0.2) is 60.8 Å². The Bertz CT molecular complexity index is 967. The molecule has 1 fully saturated rings. The maximum Gasteiger partial charge on any atom is 0.222 e. The van der Waals surface area contributed by atoms with E-state index in [2.05, 4.69) is 28.1 Å². The van der Waals surface area contributed by atoms with Crippen molar-refractivity contribution < 1.29 is 4.79 Å². The van der Waals surface area contributed by atoms with Gasteiger partial charge in [-0.05, 0) is 54.8 Å². The number of hydrogen-bond donors (Lipinski definition) is 0. The van der Waals surface area contributed by atoms with E-state index in [1.807, 2.05) is 58.8 Å². The van der Waals surface area contributed by atoms with Crippen LogP contribution in [0, 0.1) is 0 Å². The number of halogens is 1. The molecule has 0 spiro atoms. The van der Waals surface area contributed by atoms with Crippen molar-refractivity contribution in [3.05, 3.63) is 76.4 Å². The third kappa shape index (κ3) is 5.69. The molecule has 1 aliphatic rings. The topological polar surface area (TPSA) is 36.4 Å². The number of nitrogens with zero attached hydrogens (tertiary/aromatic N) is 3. The summed E-state index contributed by atoms with van der Waals surface area (Å²) >= 11 is 7.94. The van der Waals surface area contributed by atoms with Crippen molar-refractivity contribution in [2.24, 2.45) is 0 Å². The minimum atomic E-state index is 0.268. The molecule has 156 valence electrons. The first kappa shape index (κ1) is 21.0. The van der Waals surface area contributed by atoms with Gasteiger partial charge in [0.1, 0.15) is 0 Å². The number of aromatic nitrogens is 1. The average Bonchev–Trinajstić information content (AvgIpc) is 3.23. The van der Waals surface area contributed by atoms with Crippen LogP contribution in [0.1, 0.15) is 23.4 Å². The van der Waals surface area contributed by atoms with Crippen molar-refractivity contribution in [2.75, 3.05) is 26.2 Å². The standard InChI is InChI=1S/C24H26ClN3OS/c25-20-6-3-5-19(17-20)23-11-10-22(30-23)18-27-13-15-28(16-14-27)24(29)9-4-8-21-7-1-2-12-26-21/h1-3,5-7,10-12,17H,4,8-9,13-16,18H2. The Kier molecular flexibility index (Phi) is 7.16. The highest BCUT2D eigenvalue weighted by Crippen LogP contribution is 2.30. The number of hydrogen-bond acceptors (Lipinski definition) is 4. The highest BCUT2D eigenvalue weighted by Gasteiger charge is 2.21. The minimum Gasteiger partial charge on any atom is -0.340 e. The van der Waals surface area contributed by atoms with Gasteiger partial charge in [-0.15, -0.1) is 11.3 Å². The number of piperazine rings is 1. The molecular formula is C24H26ClN3OS. The van der Waals surface area contributed by atoms with Gasteiger partial charge in [0.25, 0.3) is 0 Å². The fourth-order valence-corrected chi connectivity index (χ4v) is 5.00. The van der Waals surface area contributed by atoms with E-state index in [1.165, 1.54) is 15.3 Å². The number of rotatable bonds is 7. The van der Waals surface area contributed by atoms with Gasteiger partial charge in [0.05, 0.1) is 0 Å². The first-order valence-electron chi connectivity index (χ1n) is 10.4. The van der Waals surface area contributed by atoms with E-state index in [4.69, 9.17) is 11.6 Å². The van der Waals surface area contributed by atoms with Gasteiger partial charge < -0.3 is 4.90 Å². The molecule has 0 atom stereocenters. The van der Waals surface area contributed by atoms with E-state index < -0.39 is 0 Å². The second kappa shape index (κ2) is 10.2. The van der Waals surface area contributed by atoms with Gasteiger partial charge in [-0.1, -0.05) is 29.8 Å². The predicted octanol–water partition coefficient (Wildman–Crippen LogP) is 5.13. The molecule has 0 aliphatic carbocycles. The largest absolute Gasteiger partial charge is 0.340 e. The number of aryl methyl sites for hydroxylation is 1. The molecule has 1 saturated heterocycles. The Morgan fingerprint density at radius 3 is 2.67 bits per heavy atom. The molecule has 3 heterocycles. The van der Waals surface area contributed by atoms with E-state index in [1.54, 1.807) is 0 Å². The molecule has 6 heteroatoms. The first-order valence-corrected chi connectivity index (χ1v) is 11.6. The zero-order valence-electron chi connectivity index (χ0n) is 17.0. The Hall–Kier alpha value is -2.21. The highest BCUT2D eigenvalue weighted by atomic mass is 35.5. The summed E-state index contributed by atoms with van der Waals surface area (Å²) < 4.78 is 0. The van der Waals surface area contributed by atoms with Crippen LogP contribution in [0.25, 0.3) is 10.4 Å². The number of carbonyl (C=O) groups excluding carboxylic acids is 1. The lowest BCUT2D eigenvalue weighted by Gasteiger charge is -2.34. The zero-order valence-corrected chi connectivity index (χ0v) is 18.5. The van der Waals surface area contributed by atoms with Crippen LogP contribution >= 0.6 is 22.9 Å². The number of amides is 1. The summed E-state index contributed by atoms with van der Waals surface area (Å²) in [5, 5.41) is 0.767. The lowest BCUT2D eigenvalue weighted by molar-refractivity contribution is -0.133. The summed E-state index contributed by atoms with van der Waals surface area (Å²) in [6.07, 6.45) is 4.13. The molecule has 30 heavy (non-hydrogen) atoms. The molecular weight excluding hydrogens is 414 g/mol. The van der Waals surface area contributed by atoms with Crippen molar-refractivity contribution in [1.29, 1.82) is 0 Å². The van der Waals surface area contributed by atoms with E-state index in [9.17, 15) is 4.79 Å². The molecule has 0 saturated carbocycles. The van der Waals surface area contributed by atoms with Crippen molar-refractivity contribution in [1.82, 2.24) is 14.8 Å². The van der Waals surface area contributed by atoms with Gasteiger partial charge in [-0.3, -0.25) is 14.7 Å². The maximum absolute atomic E-state index is 12.5. The lowest BCUT2D eigenvalue weighted by Crippen LogP contribution is -2.48. The van der Waals surface area contributed by atoms with Gasteiger partial charge in [0.15, 0.2) is 0 Å². The van der Waals surface area contributed by atoms with E-state index >= 15 is 0 Å². The Morgan fingerprint density at radius 1 is 1.03 bits per heavy atom. The van der Waals surface area contributed by atoms with Gasteiger partial charge in [-0.2, -0.15) is 0 Å². The Labute approximate surface area is 187 Å². The van der Waals surface area contributed by atoms with Gasteiger partial charge in [-0.25, -0.2) is 0 Å². The number of carbonyl (C=O) groups is 1. The minimum absolute atomic E-state index is 0.268. The summed E-state index contributed by atoms with van der Waals surface area (Å²) in [6, 6.07) is 18.3. The molecule has 2 aromatic heterocycles. The second-order valence-electron chi connectivity index (χ2n) is 7.61. The number of pyridine rings is 1. The predicted molar refractivity (Wildman–Crippen MR) is 124 cm³/mol.